The van der Waals surface area contributed by atoms with Gasteiger partial charge in [-0.3, -0.25) is 0 Å². The van der Waals surface area contributed by atoms with Gasteiger partial charge in [-0.05, 0) is 32.7 Å². The number of hydrogen-bond acceptors (Lipinski definition) is 4. The van der Waals surface area contributed by atoms with E-state index >= 15 is 0 Å². The minimum atomic E-state index is 0.00704. The number of methoxy groups -OCH3 is 1. The first kappa shape index (κ1) is 14.9. The number of ether oxygens (including phenoxy) is 1. The average Bonchev–Trinajstić information content (AvgIpc) is 2.88. The standard InChI is InChI=1S/C15H26N2OS/c1-14(2,3)12-10-19-13(17-12)15(16-4)8-6-7-11(9-15)18-5/h10-11,16H,6-9H2,1-5H3. The molecule has 0 aromatic carbocycles. The Balaban J connectivity index is 2.28. The summed E-state index contributed by atoms with van der Waals surface area (Å²) in [5.41, 5.74) is 1.33. The van der Waals surface area contributed by atoms with Crippen LogP contribution in [0.25, 0.3) is 0 Å². The zero-order valence-corrected chi connectivity index (χ0v) is 13.6. The van der Waals surface area contributed by atoms with E-state index in [0.717, 1.165) is 19.3 Å². The first-order valence-corrected chi connectivity index (χ1v) is 7.97. The highest BCUT2D eigenvalue weighted by molar-refractivity contribution is 7.09. The summed E-state index contributed by atoms with van der Waals surface area (Å²) in [6.07, 6.45) is 4.89. The van der Waals surface area contributed by atoms with E-state index in [9.17, 15) is 0 Å². The summed E-state index contributed by atoms with van der Waals surface area (Å²) < 4.78 is 5.58. The van der Waals surface area contributed by atoms with Crippen molar-refractivity contribution >= 4 is 11.3 Å². The van der Waals surface area contributed by atoms with E-state index in [2.05, 4.69) is 38.5 Å². The Morgan fingerprint density at radius 1 is 1.47 bits per heavy atom. The summed E-state index contributed by atoms with van der Waals surface area (Å²) >= 11 is 1.79. The lowest BCUT2D eigenvalue weighted by Crippen LogP contribution is -2.46. The summed E-state index contributed by atoms with van der Waals surface area (Å²) in [6, 6.07) is 0. The molecule has 1 aliphatic carbocycles. The van der Waals surface area contributed by atoms with E-state index in [-0.39, 0.29) is 11.0 Å². The van der Waals surface area contributed by atoms with E-state index in [1.54, 1.807) is 11.3 Å². The van der Waals surface area contributed by atoms with Crippen LogP contribution >= 0.6 is 11.3 Å². The Morgan fingerprint density at radius 3 is 2.74 bits per heavy atom. The van der Waals surface area contributed by atoms with Crippen LogP contribution in [-0.2, 0) is 15.7 Å². The van der Waals surface area contributed by atoms with Gasteiger partial charge in [-0.1, -0.05) is 20.8 Å². The summed E-state index contributed by atoms with van der Waals surface area (Å²) in [5.74, 6) is 0. The van der Waals surface area contributed by atoms with Crippen molar-refractivity contribution in [2.24, 2.45) is 0 Å². The molecule has 3 nitrogen and oxygen atoms in total. The van der Waals surface area contributed by atoms with Crippen LogP contribution in [0.3, 0.4) is 0 Å². The van der Waals surface area contributed by atoms with Crippen molar-refractivity contribution in [3.05, 3.63) is 16.1 Å². The topological polar surface area (TPSA) is 34.2 Å². The highest BCUT2D eigenvalue weighted by Crippen LogP contribution is 2.40. The molecule has 0 bridgehead atoms. The fraction of sp³-hybridized carbons (Fsp3) is 0.800. The molecule has 0 radical (unpaired) electrons. The van der Waals surface area contributed by atoms with Crippen LogP contribution < -0.4 is 5.32 Å². The zero-order valence-electron chi connectivity index (χ0n) is 12.7. The van der Waals surface area contributed by atoms with Crippen LogP contribution in [0, 0.1) is 0 Å². The summed E-state index contributed by atoms with van der Waals surface area (Å²) in [7, 11) is 3.87. The SMILES string of the molecule is CNC1(c2nc(C(C)(C)C)cs2)CCCC(OC)C1. The fourth-order valence-corrected chi connectivity index (χ4v) is 4.09. The summed E-state index contributed by atoms with van der Waals surface area (Å²) in [5, 5.41) is 6.97. The van der Waals surface area contributed by atoms with E-state index in [1.807, 2.05) is 7.11 Å². The van der Waals surface area contributed by atoms with Crippen LogP contribution in [0.1, 0.15) is 57.2 Å². The third-order valence-electron chi connectivity index (χ3n) is 4.20. The predicted octanol–water partition coefficient (Wildman–Crippen LogP) is 3.44. The number of hydrogen-bond donors (Lipinski definition) is 1. The van der Waals surface area contributed by atoms with Gasteiger partial charge in [-0.15, -0.1) is 11.3 Å². The smallest absolute Gasteiger partial charge is 0.113 e. The predicted molar refractivity (Wildman–Crippen MR) is 80.8 cm³/mol. The first-order valence-electron chi connectivity index (χ1n) is 7.09. The van der Waals surface area contributed by atoms with Crippen LogP contribution in [0.15, 0.2) is 5.38 Å². The van der Waals surface area contributed by atoms with Gasteiger partial charge < -0.3 is 10.1 Å². The van der Waals surface area contributed by atoms with Crippen LogP contribution in [-0.4, -0.2) is 25.2 Å². The van der Waals surface area contributed by atoms with Crippen LogP contribution in [0.5, 0.6) is 0 Å². The molecule has 1 aromatic rings. The Kier molecular flexibility index (Phi) is 4.33. The Hall–Kier alpha value is -0.450. The molecule has 1 aliphatic rings. The second kappa shape index (κ2) is 5.51. The highest BCUT2D eigenvalue weighted by atomic mass is 32.1. The average molecular weight is 282 g/mol. The minimum absolute atomic E-state index is 0.00704. The summed E-state index contributed by atoms with van der Waals surface area (Å²) in [4.78, 5) is 4.92. The van der Waals surface area contributed by atoms with Crippen molar-refractivity contribution < 1.29 is 4.74 Å². The molecule has 0 saturated heterocycles. The molecular weight excluding hydrogens is 256 g/mol. The third-order valence-corrected chi connectivity index (χ3v) is 5.25. The third kappa shape index (κ3) is 3.01. The molecular formula is C15H26N2OS. The van der Waals surface area contributed by atoms with Crippen molar-refractivity contribution in [1.29, 1.82) is 0 Å². The first-order chi connectivity index (χ1) is 8.91. The molecule has 2 rings (SSSR count). The van der Waals surface area contributed by atoms with Crippen LogP contribution in [0.2, 0.25) is 0 Å². The maximum atomic E-state index is 5.58. The van der Waals surface area contributed by atoms with E-state index in [0.29, 0.717) is 6.10 Å². The molecule has 19 heavy (non-hydrogen) atoms. The van der Waals surface area contributed by atoms with Gasteiger partial charge in [0.25, 0.3) is 0 Å². The van der Waals surface area contributed by atoms with Gasteiger partial charge in [0.2, 0.25) is 0 Å². The molecule has 2 atom stereocenters. The molecule has 1 aromatic heterocycles. The maximum absolute atomic E-state index is 5.58. The number of thiazole rings is 1. The Morgan fingerprint density at radius 2 is 2.21 bits per heavy atom. The van der Waals surface area contributed by atoms with Gasteiger partial charge in [-0.25, -0.2) is 4.98 Å². The van der Waals surface area contributed by atoms with Crippen molar-refractivity contribution in [3.8, 4) is 0 Å². The molecule has 1 N–H and O–H groups in total. The van der Waals surface area contributed by atoms with E-state index in [1.165, 1.54) is 17.1 Å². The molecule has 1 saturated carbocycles. The highest BCUT2D eigenvalue weighted by Gasteiger charge is 2.39. The van der Waals surface area contributed by atoms with Crippen molar-refractivity contribution in [2.45, 2.75) is 63.5 Å². The van der Waals surface area contributed by atoms with Gasteiger partial charge in [0.05, 0.1) is 17.3 Å². The Bertz CT molecular complexity index is 424. The van der Waals surface area contributed by atoms with E-state index in [4.69, 9.17) is 9.72 Å². The number of nitrogens with zero attached hydrogens (tertiary/aromatic N) is 1. The maximum Gasteiger partial charge on any atom is 0.113 e. The van der Waals surface area contributed by atoms with E-state index < -0.39 is 0 Å². The quantitative estimate of drug-likeness (QED) is 0.922. The van der Waals surface area contributed by atoms with Gasteiger partial charge >= 0.3 is 0 Å². The molecule has 2 unspecified atom stereocenters. The molecule has 108 valence electrons. The molecule has 0 amide bonds. The van der Waals surface area contributed by atoms with Gasteiger partial charge in [0, 0.05) is 17.9 Å². The lowest BCUT2D eigenvalue weighted by molar-refractivity contribution is 0.0314. The number of nitrogens with one attached hydrogen (secondary N) is 1. The van der Waals surface area contributed by atoms with Crippen molar-refractivity contribution in [3.63, 3.8) is 0 Å². The van der Waals surface area contributed by atoms with Gasteiger partial charge in [0.1, 0.15) is 5.01 Å². The van der Waals surface area contributed by atoms with Gasteiger partial charge in [-0.2, -0.15) is 0 Å². The molecule has 0 aliphatic heterocycles. The second-order valence-electron chi connectivity index (χ2n) is 6.57. The van der Waals surface area contributed by atoms with Crippen molar-refractivity contribution in [2.75, 3.05) is 14.2 Å². The summed E-state index contributed by atoms with van der Waals surface area (Å²) in [6.45, 7) is 6.66. The Labute approximate surface area is 120 Å². The fourth-order valence-electron chi connectivity index (χ4n) is 2.79. The second-order valence-corrected chi connectivity index (χ2v) is 7.43. The lowest BCUT2D eigenvalue weighted by Gasteiger charge is -2.39. The van der Waals surface area contributed by atoms with Crippen LogP contribution in [0.4, 0.5) is 0 Å². The largest absolute Gasteiger partial charge is 0.381 e. The van der Waals surface area contributed by atoms with Crippen molar-refractivity contribution in [1.82, 2.24) is 10.3 Å². The normalized spacial score (nSPS) is 28.6. The minimum Gasteiger partial charge on any atom is -0.381 e. The number of rotatable bonds is 3. The molecule has 0 spiro atoms. The zero-order chi connectivity index (χ0) is 14.1. The van der Waals surface area contributed by atoms with Gasteiger partial charge in [0.15, 0.2) is 0 Å². The lowest BCUT2D eigenvalue weighted by atomic mass is 9.80. The molecule has 4 heteroatoms. The number of aromatic nitrogens is 1. The molecule has 1 heterocycles. The monoisotopic (exact) mass is 282 g/mol. The molecule has 1 fully saturated rings.